The van der Waals surface area contributed by atoms with E-state index in [1.165, 1.54) is 11.1 Å². The largest absolute Gasteiger partial charge is 0.508 e. The number of rotatable bonds is 4. The summed E-state index contributed by atoms with van der Waals surface area (Å²) >= 11 is 0. The van der Waals surface area contributed by atoms with E-state index in [0.29, 0.717) is 11.7 Å². The van der Waals surface area contributed by atoms with Crippen LogP contribution in [0.5, 0.6) is 5.75 Å². The second kappa shape index (κ2) is 5.86. The zero-order valence-corrected chi connectivity index (χ0v) is 13.5. The van der Waals surface area contributed by atoms with Gasteiger partial charge in [0.25, 0.3) is 0 Å². The van der Waals surface area contributed by atoms with Crippen molar-refractivity contribution in [2.45, 2.75) is 69.8 Å². The van der Waals surface area contributed by atoms with Crippen molar-refractivity contribution in [2.75, 3.05) is 6.61 Å². The molecule has 2 aliphatic rings. The number of phenols is 1. The molecule has 3 rings (SSSR count). The van der Waals surface area contributed by atoms with E-state index < -0.39 is 5.60 Å². The predicted molar refractivity (Wildman–Crippen MR) is 87.0 cm³/mol. The van der Waals surface area contributed by atoms with Gasteiger partial charge in [0.2, 0.25) is 0 Å². The highest BCUT2D eigenvalue weighted by Gasteiger charge is 2.48. The van der Waals surface area contributed by atoms with Crippen LogP contribution in [0.25, 0.3) is 0 Å². The van der Waals surface area contributed by atoms with E-state index in [1.54, 1.807) is 6.07 Å². The van der Waals surface area contributed by atoms with Gasteiger partial charge in [-0.3, -0.25) is 0 Å². The quantitative estimate of drug-likeness (QED) is 0.746. The van der Waals surface area contributed by atoms with Crippen LogP contribution in [0.15, 0.2) is 18.2 Å². The molecule has 1 aromatic rings. The van der Waals surface area contributed by atoms with E-state index in [0.717, 1.165) is 51.4 Å². The lowest BCUT2D eigenvalue weighted by atomic mass is 9.55. The minimum Gasteiger partial charge on any atom is -0.508 e. The molecule has 3 atom stereocenters. The molecule has 3 heteroatoms. The predicted octanol–water partition coefficient (Wildman–Crippen LogP) is 3.51. The summed E-state index contributed by atoms with van der Waals surface area (Å²) in [7, 11) is 0. The molecular formula is C19H28O3. The van der Waals surface area contributed by atoms with E-state index in [1.807, 2.05) is 6.07 Å². The fourth-order valence-corrected chi connectivity index (χ4v) is 4.57. The fraction of sp³-hybridized carbons (Fsp3) is 0.684. The Morgan fingerprint density at radius 3 is 2.77 bits per heavy atom. The molecule has 0 heterocycles. The lowest BCUT2D eigenvalue weighted by molar-refractivity contribution is -0.0551. The summed E-state index contributed by atoms with van der Waals surface area (Å²) in [6, 6.07) is 5.74. The zero-order valence-electron chi connectivity index (χ0n) is 13.5. The maximum absolute atomic E-state index is 11.0. The van der Waals surface area contributed by atoms with Crippen molar-refractivity contribution < 1.29 is 15.3 Å². The number of benzene rings is 1. The van der Waals surface area contributed by atoms with Crippen LogP contribution < -0.4 is 0 Å². The topological polar surface area (TPSA) is 60.7 Å². The van der Waals surface area contributed by atoms with Crippen LogP contribution in [0.3, 0.4) is 0 Å². The highest BCUT2D eigenvalue weighted by atomic mass is 16.3. The van der Waals surface area contributed by atoms with Gasteiger partial charge in [-0.2, -0.15) is 0 Å². The molecule has 0 bridgehead atoms. The highest BCUT2D eigenvalue weighted by Crippen LogP contribution is 2.57. The molecule has 22 heavy (non-hydrogen) atoms. The molecule has 2 aliphatic carbocycles. The van der Waals surface area contributed by atoms with Crippen molar-refractivity contribution in [1.29, 1.82) is 0 Å². The van der Waals surface area contributed by atoms with Crippen molar-refractivity contribution in [3.63, 3.8) is 0 Å². The van der Waals surface area contributed by atoms with Crippen molar-refractivity contribution in [3.8, 4) is 5.75 Å². The molecule has 122 valence electrons. The number of aryl methyl sites for hydroxylation is 1. The molecule has 0 spiro atoms. The van der Waals surface area contributed by atoms with E-state index >= 15 is 0 Å². The lowest BCUT2D eigenvalue weighted by Gasteiger charge is -2.51. The van der Waals surface area contributed by atoms with Gasteiger partial charge in [0.15, 0.2) is 0 Å². The number of hydrogen-bond donors (Lipinski definition) is 3. The van der Waals surface area contributed by atoms with Crippen LogP contribution in [-0.4, -0.2) is 27.5 Å². The first-order valence-corrected chi connectivity index (χ1v) is 8.61. The number of unbranched alkanes of at least 4 members (excludes halogenated alkanes) is 1. The van der Waals surface area contributed by atoms with Crippen molar-refractivity contribution in [2.24, 2.45) is 5.41 Å². The molecule has 3 unspecified atom stereocenters. The van der Waals surface area contributed by atoms with E-state index in [-0.39, 0.29) is 12.0 Å². The maximum Gasteiger partial charge on any atom is 0.115 e. The van der Waals surface area contributed by atoms with Gasteiger partial charge in [-0.05, 0) is 86.0 Å². The molecule has 3 N–H and O–H groups in total. The number of aromatic hydroxyl groups is 1. The summed E-state index contributed by atoms with van der Waals surface area (Å²) in [5, 5.41) is 29.7. The van der Waals surface area contributed by atoms with Crippen LogP contribution >= 0.6 is 0 Å². The van der Waals surface area contributed by atoms with Crippen LogP contribution in [0.1, 0.15) is 68.9 Å². The Bertz CT molecular complexity index is 541. The van der Waals surface area contributed by atoms with Gasteiger partial charge < -0.3 is 15.3 Å². The van der Waals surface area contributed by atoms with E-state index in [2.05, 4.69) is 13.0 Å². The average Bonchev–Trinajstić information content (AvgIpc) is 2.49. The second-order valence-corrected chi connectivity index (χ2v) is 7.70. The number of hydrogen-bond acceptors (Lipinski definition) is 3. The van der Waals surface area contributed by atoms with E-state index in [4.69, 9.17) is 5.11 Å². The summed E-state index contributed by atoms with van der Waals surface area (Å²) in [5.41, 5.74) is 2.26. The van der Waals surface area contributed by atoms with Crippen LogP contribution in [-0.2, 0) is 6.42 Å². The normalized spacial score (nSPS) is 34.0. The van der Waals surface area contributed by atoms with Gasteiger partial charge in [-0.25, -0.2) is 0 Å². The molecule has 3 nitrogen and oxygen atoms in total. The molecule has 0 radical (unpaired) electrons. The number of phenolic OH excluding ortho intramolecular Hbond substituents is 1. The van der Waals surface area contributed by atoms with Crippen LogP contribution in [0.2, 0.25) is 0 Å². The minimum absolute atomic E-state index is 0.208. The Morgan fingerprint density at radius 2 is 2.00 bits per heavy atom. The Kier molecular flexibility index (Phi) is 4.21. The van der Waals surface area contributed by atoms with Gasteiger partial charge in [-0.15, -0.1) is 0 Å². The summed E-state index contributed by atoms with van der Waals surface area (Å²) < 4.78 is 0. The summed E-state index contributed by atoms with van der Waals surface area (Å²) in [5.74, 6) is 0.723. The Hall–Kier alpha value is -1.06. The molecular weight excluding hydrogens is 276 g/mol. The molecule has 0 amide bonds. The number of fused-ring (bicyclic) bond motifs is 3. The van der Waals surface area contributed by atoms with Gasteiger partial charge in [0, 0.05) is 6.61 Å². The number of aliphatic hydroxyl groups excluding tert-OH is 1. The molecule has 1 aromatic carbocycles. The SMILES string of the molecule is CC12CCc3cc(O)ccc3C1CC(O)(CCCCO)CC2. The Labute approximate surface area is 133 Å². The summed E-state index contributed by atoms with van der Waals surface area (Å²) in [6.07, 6.45) is 7.36. The van der Waals surface area contributed by atoms with E-state index in [9.17, 15) is 10.2 Å². The van der Waals surface area contributed by atoms with Gasteiger partial charge >= 0.3 is 0 Å². The summed E-state index contributed by atoms with van der Waals surface area (Å²) in [4.78, 5) is 0. The molecule has 0 aliphatic heterocycles. The van der Waals surface area contributed by atoms with Crippen LogP contribution in [0, 0.1) is 5.41 Å². The molecule has 0 saturated heterocycles. The standard InChI is InChI=1S/C19H28O3/c1-18-8-6-14-12-15(21)4-5-16(14)17(18)13-19(22,10-9-18)7-2-3-11-20/h4-5,12,17,20-22H,2-3,6-11,13H2,1H3. The monoisotopic (exact) mass is 304 g/mol. The fourth-order valence-electron chi connectivity index (χ4n) is 4.57. The smallest absolute Gasteiger partial charge is 0.115 e. The third kappa shape index (κ3) is 2.89. The second-order valence-electron chi connectivity index (χ2n) is 7.70. The first-order valence-electron chi connectivity index (χ1n) is 8.61. The highest BCUT2D eigenvalue weighted by molar-refractivity contribution is 5.41. The third-order valence-corrected chi connectivity index (χ3v) is 6.10. The van der Waals surface area contributed by atoms with Gasteiger partial charge in [-0.1, -0.05) is 13.0 Å². The first-order chi connectivity index (χ1) is 10.5. The van der Waals surface area contributed by atoms with Gasteiger partial charge in [0.1, 0.15) is 5.75 Å². The number of aliphatic hydroxyl groups is 2. The van der Waals surface area contributed by atoms with Crippen molar-refractivity contribution in [1.82, 2.24) is 0 Å². The zero-order chi connectivity index (χ0) is 15.8. The summed E-state index contributed by atoms with van der Waals surface area (Å²) in [6.45, 7) is 2.57. The molecule has 0 aromatic heterocycles. The lowest BCUT2D eigenvalue weighted by Crippen LogP contribution is -2.45. The van der Waals surface area contributed by atoms with Gasteiger partial charge in [0.05, 0.1) is 5.60 Å². The van der Waals surface area contributed by atoms with Crippen molar-refractivity contribution >= 4 is 0 Å². The average molecular weight is 304 g/mol. The first kappa shape index (κ1) is 15.8. The molecule has 1 fully saturated rings. The minimum atomic E-state index is -0.591. The molecule has 1 saturated carbocycles. The maximum atomic E-state index is 11.0. The van der Waals surface area contributed by atoms with Crippen molar-refractivity contribution in [3.05, 3.63) is 29.3 Å². The Balaban J connectivity index is 1.84. The Morgan fingerprint density at radius 1 is 1.18 bits per heavy atom. The third-order valence-electron chi connectivity index (χ3n) is 6.10. The van der Waals surface area contributed by atoms with Crippen LogP contribution in [0.4, 0.5) is 0 Å².